The van der Waals surface area contributed by atoms with Gasteiger partial charge in [0.2, 0.25) is 5.89 Å². The quantitative estimate of drug-likeness (QED) is 0.736. The molecule has 0 saturated carbocycles. The minimum absolute atomic E-state index is 0.118. The second-order valence-electron chi connectivity index (χ2n) is 6.12. The SMILES string of the molecule is O=C(Nc1ccc(Cl)cc1)N1CCC(c2nnc(-c3ccco3)o2)CC1. The number of nitrogens with zero attached hydrogens (tertiary/aromatic N) is 3. The van der Waals surface area contributed by atoms with Crippen LogP contribution in [0, 0.1) is 0 Å². The Morgan fingerprint density at radius 1 is 1.15 bits per heavy atom. The maximum Gasteiger partial charge on any atom is 0.321 e. The van der Waals surface area contributed by atoms with Crippen LogP contribution in [0.3, 0.4) is 0 Å². The number of hydrogen-bond donors (Lipinski definition) is 1. The minimum atomic E-state index is -0.118. The van der Waals surface area contributed by atoms with E-state index in [4.69, 9.17) is 20.4 Å². The van der Waals surface area contributed by atoms with Gasteiger partial charge < -0.3 is 19.1 Å². The number of halogens is 1. The number of carbonyl (C=O) groups is 1. The highest BCUT2D eigenvalue weighted by molar-refractivity contribution is 6.30. The monoisotopic (exact) mass is 372 g/mol. The Morgan fingerprint density at radius 3 is 2.62 bits per heavy atom. The van der Waals surface area contributed by atoms with Gasteiger partial charge in [0.25, 0.3) is 5.89 Å². The third kappa shape index (κ3) is 3.57. The van der Waals surface area contributed by atoms with Crippen LogP contribution < -0.4 is 5.32 Å². The number of nitrogens with one attached hydrogen (secondary N) is 1. The molecule has 4 rings (SSSR count). The van der Waals surface area contributed by atoms with Crippen molar-refractivity contribution in [1.29, 1.82) is 0 Å². The molecule has 0 spiro atoms. The molecule has 8 heteroatoms. The highest BCUT2D eigenvalue weighted by Crippen LogP contribution is 2.29. The van der Waals surface area contributed by atoms with Crippen LogP contribution in [-0.2, 0) is 0 Å². The first-order valence-corrected chi connectivity index (χ1v) is 8.75. The third-order valence-electron chi connectivity index (χ3n) is 4.40. The first kappa shape index (κ1) is 16.7. The van der Waals surface area contributed by atoms with Gasteiger partial charge in [-0.1, -0.05) is 11.6 Å². The van der Waals surface area contributed by atoms with Crippen LogP contribution in [0.2, 0.25) is 5.02 Å². The normalized spacial score (nSPS) is 15.2. The van der Waals surface area contributed by atoms with Gasteiger partial charge in [-0.3, -0.25) is 0 Å². The Bertz CT molecular complexity index is 868. The van der Waals surface area contributed by atoms with Gasteiger partial charge >= 0.3 is 6.03 Å². The van der Waals surface area contributed by atoms with Crippen molar-refractivity contribution in [3.05, 3.63) is 53.6 Å². The summed E-state index contributed by atoms with van der Waals surface area (Å²) in [6.07, 6.45) is 3.11. The number of hydrogen-bond acceptors (Lipinski definition) is 5. The van der Waals surface area contributed by atoms with Crippen LogP contribution in [-0.4, -0.2) is 34.2 Å². The fraction of sp³-hybridized carbons (Fsp3) is 0.278. The van der Waals surface area contributed by atoms with Crippen LogP contribution in [0.15, 0.2) is 51.5 Å². The van der Waals surface area contributed by atoms with E-state index in [1.54, 1.807) is 47.6 Å². The van der Waals surface area contributed by atoms with Crippen molar-refractivity contribution in [3.63, 3.8) is 0 Å². The molecule has 0 aliphatic carbocycles. The maximum absolute atomic E-state index is 12.4. The summed E-state index contributed by atoms with van der Waals surface area (Å²) in [5.41, 5.74) is 0.724. The van der Waals surface area contributed by atoms with Crippen LogP contribution in [0.1, 0.15) is 24.7 Å². The molecule has 134 valence electrons. The van der Waals surface area contributed by atoms with E-state index in [-0.39, 0.29) is 11.9 Å². The zero-order valence-electron chi connectivity index (χ0n) is 13.9. The number of furan rings is 1. The average molecular weight is 373 g/mol. The molecular weight excluding hydrogens is 356 g/mol. The summed E-state index contributed by atoms with van der Waals surface area (Å²) >= 11 is 5.86. The minimum Gasteiger partial charge on any atom is -0.459 e. The summed E-state index contributed by atoms with van der Waals surface area (Å²) in [4.78, 5) is 14.2. The molecule has 26 heavy (non-hydrogen) atoms. The summed E-state index contributed by atoms with van der Waals surface area (Å²) in [6.45, 7) is 1.26. The number of rotatable bonds is 3. The van der Waals surface area contributed by atoms with Gasteiger partial charge in [0.1, 0.15) is 0 Å². The molecule has 0 unspecified atom stereocenters. The van der Waals surface area contributed by atoms with E-state index in [1.165, 1.54) is 0 Å². The lowest BCUT2D eigenvalue weighted by molar-refractivity contribution is 0.190. The van der Waals surface area contributed by atoms with Crippen molar-refractivity contribution in [1.82, 2.24) is 15.1 Å². The molecule has 1 aliphatic rings. The molecule has 2 aromatic heterocycles. The predicted molar refractivity (Wildman–Crippen MR) is 96.0 cm³/mol. The summed E-state index contributed by atoms with van der Waals surface area (Å²) in [5, 5.41) is 11.7. The van der Waals surface area contributed by atoms with Gasteiger partial charge in [0.05, 0.1) is 6.26 Å². The largest absolute Gasteiger partial charge is 0.459 e. The molecule has 0 radical (unpaired) electrons. The molecule has 1 N–H and O–H groups in total. The lowest BCUT2D eigenvalue weighted by atomic mass is 9.97. The van der Waals surface area contributed by atoms with Crippen LogP contribution in [0.4, 0.5) is 10.5 Å². The summed E-state index contributed by atoms with van der Waals surface area (Å²) < 4.78 is 11.0. The Balaban J connectivity index is 1.33. The summed E-state index contributed by atoms with van der Waals surface area (Å²) in [6, 6.07) is 10.5. The van der Waals surface area contributed by atoms with Crippen molar-refractivity contribution >= 4 is 23.3 Å². The molecule has 0 bridgehead atoms. The number of piperidine rings is 1. The number of aromatic nitrogens is 2. The van der Waals surface area contributed by atoms with Gasteiger partial charge in [-0.2, -0.15) is 0 Å². The lowest BCUT2D eigenvalue weighted by Crippen LogP contribution is -2.40. The molecule has 2 amide bonds. The zero-order chi connectivity index (χ0) is 17.9. The first-order valence-electron chi connectivity index (χ1n) is 8.38. The maximum atomic E-state index is 12.4. The number of urea groups is 1. The molecule has 7 nitrogen and oxygen atoms in total. The zero-order valence-corrected chi connectivity index (χ0v) is 14.6. The van der Waals surface area contributed by atoms with Crippen molar-refractivity contribution < 1.29 is 13.6 Å². The molecule has 1 fully saturated rings. The molecule has 0 atom stereocenters. The Kier molecular flexibility index (Phi) is 4.62. The van der Waals surface area contributed by atoms with E-state index in [1.807, 2.05) is 0 Å². The van der Waals surface area contributed by atoms with Crippen molar-refractivity contribution in [3.8, 4) is 11.7 Å². The second-order valence-corrected chi connectivity index (χ2v) is 6.56. The topological polar surface area (TPSA) is 84.4 Å². The number of likely N-dealkylation sites (tertiary alicyclic amines) is 1. The summed E-state index contributed by atoms with van der Waals surface area (Å²) in [7, 11) is 0. The van der Waals surface area contributed by atoms with Gasteiger partial charge in [0, 0.05) is 29.7 Å². The summed E-state index contributed by atoms with van der Waals surface area (Å²) in [5.74, 6) is 1.68. The first-order chi connectivity index (χ1) is 12.7. The Hall–Kier alpha value is -2.80. The standard InChI is InChI=1S/C18H17ClN4O3/c19-13-3-5-14(6-4-13)20-18(24)23-9-7-12(8-10-23)16-21-22-17(26-16)15-2-1-11-25-15/h1-6,11-12H,7-10H2,(H,20,24). The van der Waals surface area contributed by atoms with E-state index in [0.29, 0.717) is 35.7 Å². The molecule has 1 aromatic carbocycles. The van der Waals surface area contributed by atoms with E-state index < -0.39 is 0 Å². The highest BCUT2D eigenvalue weighted by Gasteiger charge is 2.27. The van der Waals surface area contributed by atoms with Gasteiger partial charge in [-0.25, -0.2) is 4.79 Å². The van der Waals surface area contributed by atoms with Crippen LogP contribution in [0.25, 0.3) is 11.7 Å². The molecule has 3 aromatic rings. The molecule has 3 heterocycles. The van der Waals surface area contributed by atoms with Crippen LogP contribution >= 0.6 is 11.6 Å². The van der Waals surface area contributed by atoms with Gasteiger partial charge in [-0.05, 0) is 49.2 Å². The number of carbonyl (C=O) groups excluding carboxylic acids is 1. The van der Waals surface area contributed by atoms with Crippen molar-refractivity contribution in [2.24, 2.45) is 0 Å². The van der Waals surface area contributed by atoms with Gasteiger partial charge in [-0.15, -0.1) is 10.2 Å². The highest BCUT2D eigenvalue weighted by atomic mass is 35.5. The second kappa shape index (κ2) is 7.21. The number of anilines is 1. The van der Waals surface area contributed by atoms with E-state index in [2.05, 4.69) is 15.5 Å². The van der Waals surface area contributed by atoms with Gasteiger partial charge in [0.15, 0.2) is 5.76 Å². The van der Waals surface area contributed by atoms with Crippen molar-refractivity contribution in [2.75, 3.05) is 18.4 Å². The smallest absolute Gasteiger partial charge is 0.321 e. The Morgan fingerprint density at radius 2 is 1.92 bits per heavy atom. The lowest BCUT2D eigenvalue weighted by Gasteiger charge is -2.30. The van der Waals surface area contributed by atoms with Crippen LogP contribution in [0.5, 0.6) is 0 Å². The predicted octanol–water partition coefficient (Wildman–Crippen LogP) is 4.39. The molecular formula is C18H17ClN4O3. The Labute approximate surface area is 155 Å². The third-order valence-corrected chi connectivity index (χ3v) is 4.65. The molecule has 1 saturated heterocycles. The fourth-order valence-corrected chi connectivity index (χ4v) is 3.09. The molecule has 1 aliphatic heterocycles. The van der Waals surface area contributed by atoms with E-state index >= 15 is 0 Å². The van der Waals surface area contributed by atoms with Crippen molar-refractivity contribution in [2.45, 2.75) is 18.8 Å². The number of amides is 2. The van der Waals surface area contributed by atoms with E-state index in [0.717, 1.165) is 18.5 Å². The van der Waals surface area contributed by atoms with E-state index in [9.17, 15) is 4.79 Å². The fourth-order valence-electron chi connectivity index (χ4n) is 2.96. The number of benzene rings is 1. The average Bonchev–Trinajstić information content (AvgIpc) is 3.35.